The number of carbonyl (C=O) groups is 2. The van der Waals surface area contributed by atoms with E-state index in [0.717, 1.165) is 36.8 Å². The number of rotatable bonds is 4. The topological polar surface area (TPSA) is 67.2 Å². The molecule has 0 spiro atoms. The molecule has 1 atom stereocenters. The van der Waals surface area contributed by atoms with E-state index in [-0.39, 0.29) is 23.3 Å². The summed E-state index contributed by atoms with van der Waals surface area (Å²) in [6.45, 7) is 9.56. The molecule has 1 aromatic heterocycles. The van der Waals surface area contributed by atoms with Gasteiger partial charge in [-0.25, -0.2) is 4.98 Å². The predicted molar refractivity (Wildman–Crippen MR) is 108 cm³/mol. The van der Waals surface area contributed by atoms with Gasteiger partial charge in [-0.15, -0.1) is 0 Å². The number of amides is 2. The summed E-state index contributed by atoms with van der Waals surface area (Å²) >= 11 is 0. The van der Waals surface area contributed by atoms with Gasteiger partial charge in [0, 0.05) is 25.0 Å². The third kappa shape index (κ3) is 4.15. The molecule has 2 heterocycles. The number of imidazole rings is 1. The van der Waals surface area contributed by atoms with Crippen molar-refractivity contribution in [3.8, 4) is 0 Å². The smallest absolute Gasteiger partial charge is 0.231 e. The molecule has 2 amide bonds. The summed E-state index contributed by atoms with van der Waals surface area (Å²) < 4.78 is 2.07. The highest BCUT2D eigenvalue weighted by atomic mass is 16.2. The summed E-state index contributed by atoms with van der Waals surface area (Å²) in [6, 6.07) is 7.91. The van der Waals surface area contributed by atoms with Gasteiger partial charge in [-0.3, -0.25) is 14.9 Å². The monoisotopic (exact) mass is 370 g/mol. The Balaban J connectivity index is 1.81. The van der Waals surface area contributed by atoms with Crippen LogP contribution in [-0.4, -0.2) is 39.4 Å². The molecule has 0 radical (unpaired) electrons. The molecule has 1 fully saturated rings. The molecule has 1 unspecified atom stereocenters. The minimum atomic E-state index is -0.214. The van der Waals surface area contributed by atoms with E-state index in [9.17, 15) is 9.59 Å². The third-order valence-electron chi connectivity index (χ3n) is 5.08. The van der Waals surface area contributed by atoms with Gasteiger partial charge in [0.05, 0.1) is 17.0 Å². The zero-order valence-corrected chi connectivity index (χ0v) is 16.8. The first-order valence-corrected chi connectivity index (χ1v) is 9.88. The highest BCUT2D eigenvalue weighted by Crippen LogP contribution is 2.29. The average molecular weight is 370 g/mol. The van der Waals surface area contributed by atoms with Crippen molar-refractivity contribution in [2.45, 2.75) is 58.9 Å². The van der Waals surface area contributed by atoms with E-state index < -0.39 is 0 Å². The summed E-state index contributed by atoms with van der Waals surface area (Å²) in [7, 11) is 0. The Hall–Kier alpha value is -2.37. The van der Waals surface area contributed by atoms with Crippen molar-refractivity contribution in [1.82, 2.24) is 14.5 Å². The molecule has 6 nitrogen and oxygen atoms in total. The Morgan fingerprint density at radius 2 is 2.00 bits per heavy atom. The number of piperidine rings is 1. The number of nitrogens with zero attached hydrogens (tertiary/aromatic N) is 3. The van der Waals surface area contributed by atoms with Gasteiger partial charge in [0.25, 0.3) is 0 Å². The van der Waals surface area contributed by atoms with E-state index in [1.54, 1.807) is 0 Å². The van der Waals surface area contributed by atoms with Crippen LogP contribution in [0.25, 0.3) is 11.0 Å². The third-order valence-corrected chi connectivity index (χ3v) is 5.08. The first-order chi connectivity index (χ1) is 12.8. The number of fused-ring (bicyclic) bond motifs is 1. The second-order valence-corrected chi connectivity index (χ2v) is 8.35. The van der Waals surface area contributed by atoms with Gasteiger partial charge in [0.1, 0.15) is 0 Å². The average Bonchev–Trinajstić information content (AvgIpc) is 3.00. The number of anilines is 1. The van der Waals surface area contributed by atoms with Crippen LogP contribution >= 0.6 is 0 Å². The van der Waals surface area contributed by atoms with Crippen molar-refractivity contribution in [2.24, 2.45) is 5.92 Å². The number of hydrogen-bond donors (Lipinski definition) is 1. The van der Waals surface area contributed by atoms with E-state index in [2.05, 4.69) is 35.6 Å². The molecule has 0 saturated carbocycles. The lowest BCUT2D eigenvalue weighted by Gasteiger charge is -2.32. The van der Waals surface area contributed by atoms with Gasteiger partial charge in [0.2, 0.25) is 17.8 Å². The molecular weight excluding hydrogens is 340 g/mol. The van der Waals surface area contributed by atoms with Crippen LogP contribution in [0.1, 0.15) is 53.4 Å². The molecule has 1 aromatic carbocycles. The van der Waals surface area contributed by atoms with Crippen molar-refractivity contribution in [3.63, 3.8) is 0 Å². The van der Waals surface area contributed by atoms with E-state index in [4.69, 9.17) is 0 Å². The van der Waals surface area contributed by atoms with Gasteiger partial charge >= 0.3 is 0 Å². The normalized spacial score (nSPS) is 17.9. The van der Waals surface area contributed by atoms with Crippen molar-refractivity contribution in [3.05, 3.63) is 24.3 Å². The number of carbonyl (C=O) groups excluding carboxylic acids is 2. The van der Waals surface area contributed by atoms with Crippen LogP contribution in [-0.2, 0) is 15.1 Å². The van der Waals surface area contributed by atoms with Gasteiger partial charge in [0.15, 0.2) is 0 Å². The maximum Gasteiger partial charge on any atom is 0.231 e. The summed E-state index contributed by atoms with van der Waals surface area (Å²) in [6.07, 6.45) is 3.05. The molecule has 0 bridgehead atoms. The Labute approximate surface area is 160 Å². The zero-order valence-electron chi connectivity index (χ0n) is 16.8. The number of para-hydroxylation sites is 2. The maximum absolute atomic E-state index is 12.9. The highest BCUT2D eigenvalue weighted by Gasteiger charge is 2.30. The van der Waals surface area contributed by atoms with Gasteiger partial charge < -0.3 is 9.47 Å². The lowest BCUT2D eigenvalue weighted by Crippen LogP contribution is -2.44. The quantitative estimate of drug-likeness (QED) is 0.891. The molecule has 1 aliphatic heterocycles. The van der Waals surface area contributed by atoms with Gasteiger partial charge in [-0.1, -0.05) is 19.1 Å². The number of benzene rings is 1. The van der Waals surface area contributed by atoms with Crippen LogP contribution in [0.4, 0.5) is 5.95 Å². The van der Waals surface area contributed by atoms with E-state index in [0.29, 0.717) is 18.9 Å². The SMILES string of the molecule is CCCC(=O)N1CCCC(C(=O)Nc2nc3ccccc3n2C(C)(C)C)C1. The molecule has 6 heteroatoms. The lowest BCUT2D eigenvalue weighted by atomic mass is 9.97. The number of nitrogens with one attached hydrogen (secondary N) is 1. The predicted octanol–water partition coefficient (Wildman–Crippen LogP) is 3.77. The minimum absolute atomic E-state index is 0.0511. The fraction of sp³-hybridized carbons (Fsp3) is 0.571. The van der Waals surface area contributed by atoms with Gasteiger partial charge in [-0.05, 0) is 52.2 Å². The maximum atomic E-state index is 12.9. The molecular formula is C21H30N4O2. The molecule has 1 aliphatic rings. The Morgan fingerprint density at radius 3 is 2.70 bits per heavy atom. The summed E-state index contributed by atoms with van der Waals surface area (Å²) in [5.41, 5.74) is 1.66. The molecule has 2 aromatic rings. The minimum Gasteiger partial charge on any atom is -0.342 e. The highest BCUT2D eigenvalue weighted by molar-refractivity contribution is 5.93. The number of hydrogen-bond acceptors (Lipinski definition) is 3. The van der Waals surface area contributed by atoms with Crippen LogP contribution in [0.5, 0.6) is 0 Å². The Kier molecular flexibility index (Phi) is 5.53. The fourth-order valence-electron chi connectivity index (χ4n) is 3.79. The number of likely N-dealkylation sites (tertiary alicyclic amines) is 1. The molecule has 146 valence electrons. The van der Waals surface area contributed by atoms with Crippen LogP contribution in [0.3, 0.4) is 0 Å². The van der Waals surface area contributed by atoms with Crippen molar-refractivity contribution in [1.29, 1.82) is 0 Å². The molecule has 27 heavy (non-hydrogen) atoms. The van der Waals surface area contributed by atoms with E-state index in [1.807, 2.05) is 36.1 Å². The fourth-order valence-corrected chi connectivity index (χ4v) is 3.79. The van der Waals surface area contributed by atoms with E-state index in [1.165, 1.54) is 0 Å². The lowest BCUT2D eigenvalue weighted by molar-refractivity contribution is -0.134. The largest absolute Gasteiger partial charge is 0.342 e. The van der Waals surface area contributed by atoms with Crippen LogP contribution in [0, 0.1) is 5.92 Å². The van der Waals surface area contributed by atoms with Crippen LogP contribution < -0.4 is 5.32 Å². The summed E-state index contributed by atoms with van der Waals surface area (Å²) in [5, 5.41) is 3.04. The zero-order chi connectivity index (χ0) is 19.6. The standard InChI is InChI=1S/C21H30N4O2/c1-5-9-18(26)24-13-8-10-15(14-24)19(27)23-20-22-16-11-6-7-12-17(16)25(20)21(2,3)4/h6-7,11-12,15H,5,8-10,13-14H2,1-4H3,(H,22,23,27). The molecule has 3 rings (SSSR count). The number of aromatic nitrogens is 2. The Morgan fingerprint density at radius 1 is 1.26 bits per heavy atom. The summed E-state index contributed by atoms with van der Waals surface area (Å²) in [5.74, 6) is 0.486. The van der Waals surface area contributed by atoms with Crippen LogP contribution in [0.2, 0.25) is 0 Å². The second-order valence-electron chi connectivity index (χ2n) is 8.35. The summed E-state index contributed by atoms with van der Waals surface area (Å²) in [4.78, 5) is 31.6. The van der Waals surface area contributed by atoms with Gasteiger partial charge in [-0.2, -0.15) is 0 Å². The van der Waals surface area contributed by atoms with E-state index >= 15 is 0 Å². The Bertz CT molecular complexity index is 834. The van der Waals surface area contributed by atoms with Crippen LogP contribution in [0.15, 0.2) is 24.3 Å². The first-order valence-electron chi connectivity index (χ1n) is 9.88. The first kappa shape index (κ1) is 19.4. The van der Waals surface area contributed by atoms with Crippen molar-refractivity contribution < 1.29 is 9.59 Å². The van der Waals surface area contributed by atoms with Crippen molar-refractivity contribution >= 4 is 28.8 Å². The molecule has 1 N–H and O–H groups in total. The molecule has 1 saturated heterocycles. The molecule has 0 aliphatic carbocycles. The second kappa shape index (κ2) is 7.71. The van der Waals surface area contributed by atoms with Crippen molar-refractivity contribution in [2.75, 3.05) is 18.4 Å².